The van der Waals surface area contributed by atoms with Crippen LogP contribution in [0, 0.1) is 16.6 Å². The molecule has 0 unspecified atom stereocenters. The van der Waals surface area contributed by atoms with Crippen LogP contribution in [0.15, 0.2) is 65.1 Å². The molecule has 5 rings (SSSR count). The van der Waals surface area contributed by atoms with Gasteiger partial charge in [-0.25, -0.2) is 4.39 Å². The van der Waals surface area contributed by atoms with Gasteiger partial charge in [-0.15, -0.1) is 0 Å². The van der Waals surface area contributed by atoms with E-state index in [1.165, 1.54) is 6.07 Å². The number of rotatable bonds is 5. The fourth-order valence-electron chi connectivity index (χ4n) is 5.78. The molecule has 0 spiro atoms. The van der Waals surface area contributed by atoms with Crippen LogP contribution in [0.5, 0.6) is 11.5 Å². The smallest absolute Gasteiger partial charge is 0.163 e. The van der Waals surface area contributed by atoms with E-state index in [1.54, 1.807) is 37.4 Å². The van der Waals surface area contributed by atoms with E-state index >= 15 is 0 Å². The number of methoxy groups -OCH3 is 1. The van der Waals surface area contributed by atoms with Gasteiger partial charge < -0.3 is 14.2 Å². The quantitative estimate of drug-likeness (QED) is 0.447. The second kappa shape index (κ2) is 9.16. The van der Waals surface area contributed by atoms with Crippen molar-refractivity contribution in [2.45, 2.75) is 65.9 Å². The highest BCUT2D eigenvalue weighted by Gasteiger charge is 2.48. The summed E-state index contributed by atoms with van der Waals surface area (Å²) >= 11 is 0. The molecule has 0 amide bonds. The zero-order valence-electron chi connectivity index (χ0n) is 22.1. The van der Waals surface area contributed by atoms with Crippen molar-refractivity contribution in [1.82, 2.24) is 0 Å². The third-order valence-corrected chi connectivity index (χ3v) is 7.45. The molecule has 0 aromatic heterocycles. The highest BCUT2D eigenvalue weighted by atomic mass is 19.1. The first-order valence-electron chi connectivity index (χ1n) is 12.7. The predicted molar refractivity (Wildman–Crippen MR) is 138 cm³/mol. The van der Waals surface area contributed by atoms with Crippen molar-refractivity contribution in [1.29, 1.82) is 0 Å². The van der Waals surface area contributed by atoms with Crippen LogP contribution >= 0.6 is 0 Å². The highest BCUT2D eigenvalue weighted by molar-refractivity contribution is 6.06. The number of carbonyl (C=O) groups is 2. The van der Waals surface area contributed by atoms with Crippen molar-refractivity contribution < 1.29 is 28.2 Å². The van der Waals surface area contributed by atoms with Gasteiger partial charge in [0.1, 0.15) is 35.4 Å². The zero-order chi connectivity index (χ0) is 26.5. The SMILES string of the molecule is COc1cc(OCc2ccccc2F)ccc1C1C2=C(CC(C)(C)CC2=O)OC2=C1C(=O)CC(C)(C)C2. The summed E-state index contributed by atoms with van der Waals surface area (Å²) in [4.78, 5) is 27.0. The average Bonchev–Trinajstić information content (AvgIpc) is 2.80. The summed E-state index contributed by atoms with van der Waals surface area (Å²) in [5.41, 5.74) is 1.85. The van der Waals surface area contributed by atoms with Gasteiger partial charge in [0.15, 0.2) is 11.6 Å². The number of Topliss-reactive ketones (excluding diaryl/α,β-unsaturated/α-hetero) is 2. The van der Waals surface area contributed by atoms with Gasteiger partial charge >= 0.3 is 0 Å². The van der Waals surface area contributed by atoms with Crippen molar-refractivity contribution in [2.75, 3.05) is 7.11 Å². The van der Waals surface area contributed by atoms with Crippen molar-refractivity contribution in [3.05, 3.63) is 82.1 Å². The number of benzene rings is 2. The lowest BCUT2D eigenvalue weighted by Gasteiger charge is -2.43. The molecule has 0 saturated heterocycles. The van der Waals surface area contributed by atoms with Gasteiger partial charge in [-0.05, 0) is 23.0 Å². The third-order valence-electron chi connectivity index (χ3n) is 7.45. The van der Waals surface area contributed by atoms with Crippen LogP contribution in [0.2, 0.25) is 0 Å². The van der Waals surface area contributed by atoms with E-state index < -0.39 is 5.92 Å². The number of ketones is 2. The van der Waals surface area contributed by atoms with Crippen LogP contribution in [0.3, 0.4) is 0 Å². The lowest BCUT2D eigenvalue weighted by Crippen LogP contribution is -2.37. The minimum Gasteiger partial charge on any atom is -0.496 e. The van der Waals surface area contributed by atoms with Gasteiger partial charge in [-0.3, -0.25) is 9.59 Å². The molecule has 0 saturated carbocycles. The first-order chi connectivity index (χ1) is 17.5. The van der Waals surface area contributed by atoms with Gasteiger partial charge in [0, 0.05) is 54.0 Å². The molecule has 0 radical (unpaired) electrons. The number of ether oxygens (including phenoxy) is 3. The number of hydrogen-bond acceptors (Lipinski definition) is 5. The van der Waals surface area contributed by atoms with Crippen molar-refractivity contribution in [3.8, 4) is 11.5 Å². The van der Waals surface area contributed by atoms with Gasteiger partial charge in [-0.2, -0.15) is 0 Å². The largest absolute Gasteiger partial charge is 0.496 e. The Bertz CT molecular complexity index is 1300. The summed E-state index contributed by atoms with van der Waals surface area (Å²) in [6, 6.07) is 11.8. The van der Waals surface area contributed by atoms with Crippen LogP contribution in [-0.2, 0) is 20.9 Å². The van der Waals surface area contributed by atoms with Gasteiger partial charge in [-0.1, -0.05) is 52.0 Å². The molecule has 5 nitrogen and oxygen atoms in total. The second-order valence-electron chi connectivity index (χ2n) is 11.9. The summed E-state index contributed by atoms with van der Waals surface area (Å²) in [7, 11) is 1.56. The molecule has 0 fully saturated rings. The minimum absolute atomic E-state index is 0.00219. The lowest BCUT2D eigenvalue weighted by atomic mass is 9.65. The van der Waals surface area contributed by atoms with Crippen molar-refractivity contribution in [3.63, 3.8) is 0 Å². The highest BCUT2D eigenvalue weighted by Crippen LogP contribution is 2.54. The molecule has 0 atom stereocenters. The van der Waals surface area contributed by atoms with E-state index in [4.69, 9.17) is 14.2 Å². The second-order valence-corrected chi connectivity index (χ2v) is 11.9. The molecular formula is C31H33FO5. The van der Waals surface area contributed by atoms with E-state index in [2.05, 4.69) is 27.7 Å². The maximum absolute atomic E-state index is 14.1. The van der Waals surface area contributed by atoms with Crippen molar-refractivity contribution >= 4 is 11.6 Å². The van der Waals surface area contributed by atoms with E-state index in [-0.39, 0.29) is 34.8 Å². The maximum atomic E-state index is 14.1. The Labute approximate surface area is 217 Å². The standard InChI is InChI=1S/C31H33FO5/c1-30(2)13-22(33)28-25(15-30)37-26-16-31(3,4)14-23(34)29(26)27(28)20-11-10-19(12-24(20)35-5)36-17-18-8-6-7-9-21(18)32/h6-12,27H,13-17H2,1-5H3. The van der Waals surface area contributed by atoms with Crippen LogP contribution in [0.1, 0.15) is 70.4 Å². The molecule has 37 heavy (non-hydrogen) atoms. The van der Waals surface area contributed by atoms with Gasteiger partial charge in [0.25, 0.3) is 0 Å². The topological polar surface area (TPSA) is 61.8 Å². The van der Waals surface area contributed by atoms with E-state index in [1.807, 2.05) is 6.07 Å². The van der Waals surface area contributed by atoms with E-state index in [0.29, 0.717) is 65.4 Å². The molecule has 0 bridgehead atoms. The summed E-state index contributed by atoms with van der Waals surface area (Å²) < 4.78 is 32.1. The summed E-state index contributed by atoms with van der Waals surface area (Å²) in [6.45, 7) is 8.33. The average molecular weight is 505 g/mol. The Hall–Kier alpha value is -3.41. The monoisotopic (exact) mass is 504 g/mol. The lowest BCUT2D eigenvalue weighted by molar-refractivity contribution is -0.120. The zero-order valence-corrected chi connectivity index (χ0v) is 22.1. The van der Waals surface area contributed by atoms with E-state index in [0.717, 1.165) is 5.56 Å². The Kier molecular flexibility index (Phi) is 6.25. The maximum Gasteiger partial charge on any atom is 0.163 e. The third kappa shape index (κ3) is 4.81. The molecular weight excluding hydrogens is 471 g/mol. The van der Waals surface area contributed by atoms with Gasteiger partial charge in [0.2, 0.25) is 0 Å². The molecule has 1 heterocycles. The first-order valence-corrected chi connectivity index (χ1v) is 12.7. The number of carbonyl (C=O) groups excluding carboxylic acids is 2. The first kappa shape index (κ1) is 25.2. The molecule has 0 N–H and O–H groups in total. The van der Waals surface area contributed by atoms with Crippen molar-refractivity contribution in [2.24, 2.45) is 10.8 Å². The van der Waals surface area contributed by atoms with Crippen LogP contribution in [-0.4, -0.2) is 18.7 Å². The summed E-state index contributed by atoms with van der Waals surface area (Å²) in [5.74, 6) is 1.46. The molecule has 2 aromatic rings. The van der Waals surface area contributed by atoms with Crippen LogP contribution < -0.4 is 9.47 Å². The minimum atomic E-state index is -0.554. The molecule has 1 aliphatic heterocycles. The summed E-state index contributed by atoms with van der Waals surface area (Å²) in [6.07, 6.45) is 2.03. The molecule has 2 aliphatic carbocycles. The Balaban J connectivity index is 1.57. The Morgan fingerprint density at radius 2 is 1.49 bits per heavy atom. The normalized spacial score (nSPS) is 20.8. The Morgan fingerprint density at radius 1 is 0.892 bits per heavy atom. The van der Waals surface area contributed by atoms with E-state index in [9.17, 15) is 14.0 Å². The Morgan fingerprint density at radius 3 is 2.05 bits per heavy atom. The number of hydrogen-bond donors (Lipinski definition) is 0. The molecule has 194 valence electrons. The fourth-order valence-corrected chi connectivity index (χ4v) is 5.78. The number of allylic oxidation sites excluding steroid dienone is 4. The number of halogens is 1. The molecule has 3 aliphatic rings. The van der Waals surface area contributed by atoms with Crippen LogP contribution in [0.4, 0.5) is 4.39 Å². The van der Waals surface area contributed by atoms with Gasteiger partial charge in [0.05, 0.1) is 13.0 Å². The summed E-state index contributed by atoms with van der Waals surface area (Å²) in [5, 5.41) is 0. The predicted octanol–water partition coefficient (Wildman–Crippen LogP) is 6.81. The molecule has 2 aromatic carbocycles. The van der Waals surface area contributed by atoms with Crippen LogP contribution in [0.25, 0.3) is 0 Å². The molecule has 6 heteroatoms. The fraction of sp³-hybridized carbons (Fsp3) is 0.419.